The molecule has 4 nitrogen and oxygen atoms in total. The van der Waals surface area contributed by atoms with Crippen LogP contribution in [0.4, 0.5) is 0 Å². The van der Waals surface area contributed by atoms with Gasteiger partial charge in [-0.25, -0.2) is 0 Å². The smallest absolute Gasteiger partial charge is 0.217 e. The van der Waals surface area contributed by atoms with Crippen LogP contribution >= 0.6 is 0 Å². The average Bonchev–Trinajstić information content (AvgIpc) is 2.15. The fourth-order valence-corrected chi connectivity index (χ4v) is 1.90. The van der Waals surface area contributed by atoms with Crippen molar-refractivity contribution in [2.45, 2.75) is 50.7 Å². The monoisotopic (exact) mass is 200 g/mol. The van der Waals surface area contributed by atoms with Gasteiger partial charge in [-0.1, -0.05) is 12.8 Å². The van der Waals surface area contributed by atoms with Gasteiger partial charge in [-0.2, -0.15) is 0 Å². The van der Waals surface area contributed by atoms with E-state index < -0.39 is 0 Å². The average molecular weight is 200 g/mol. The Bertz CT molecular complexity index is 185. The van der Waals surface area contributed by atoms with Gasteiger partial charge in [0, 0.05) is 12.5 Å². The number of primary amides is 1. The lowest BCUT2D eigenvalue weighted by Crippen LogP contribution is -2.42. The van der Waals surface area contributed by atoms with Crippen LogP contribution < -0.4 is 11.1 Å². The molecule has 0 radical (unpaired) electrons. The van der Waals surface area contributed by atoms with E-state index in [0.29, 0.717) is 6.42 Å². The number of hydrogen-bond acceptors (Lipinski definition) is 3. The number of aliphatic hydroxyl groups excluding tert-OH is 1. The van der Waals surface area contributed by atoms with E-state index in [1.54, 1.807) is 0 Å². The SMILES string of the molecule is NC(=O)CCCN[C@@H]1CCCC[C@H]1O. The summed E-state index contributed by atoms with van der Waals surface area (Å²) in [6.45, 7) is 0.769. The maximum Gasteiger partial charge on any atom is 0.217 e. The van der Waals surface area contributed by atoms with Crippen LogP contribution in [-0.4, -0.2) is 29.7 Å². The molecule has 0 aromatic heterocycles. The quantitative estimate of drug-likeness (QED) is 0.553. The Morgan fingerprint density at radius 2 is 2.14 bits per heavy atom. The molecule has 0 spiro atoms. The Morgan fingerprint density at radius 1 is 1.43 bits per heavy atom. The summed E-state index contributed by atoms with van der Waals surface area (Å²) in [5.74, 6) is -0.254. The first kappa shape index (κ1) is 11.5. The van der Waals surface area contributed by atoms with Crippen molar-refractivity contribution in [1.82, 2.24) is 5.32 Å². The van der Waals surface area contributed by atoms with E-state index in [0.717, 1.165) is 32.2 Å². The number of nitrogens with one attached hydrogen (secondary N) is 1. The molecule has 0 unspecified atom stereocenters. The molecule has 0 aliphatic heterocycles. The van der Waals surface area contributed by atoms with Crippen molar-refractivity contribution in [3.8, 4) is 0 Å². The van der Waals surface area contributed by atoms with Gasteiger partial charge in [0.2, 0.25) is 5.91 Å². The van der Waals surface area contributed by atoms with Crippen LogP contribution in [0.3, 0.4) is 0 Å². The summed E-state index contributed by atoms with van der Waals surface area (Å²) in [5.41, 5.74) is 5.02. The molecule has 1 saturated carbocycles. The minimum atomic E-state index is -0.254. The molecule has 82 valence electrons. The van der Waals surface area contributed by atoms with Crippen molar-refractivity contribution < 1.29 is 9.90 Å². The minimum Gasteiger partial charge on any atom is -0.392 e. The van der Waals surface area contributed by atoms with Crippen LogP contribution in [0, 0.1) is 0 Å². The third-order valence-corrected chi connectivity index (χ3v) is 2.74. The van der Waals surface area contributed by atoms with Gasteiger partial charge in [0.15, 0.2) is 0 Å². The van der Waals surface area contributed by atoms with E-state index in [1.807, 2.05) is 0 Å². The van der Waals surface area contributed by atoms with Crippen LogP contribution in [0.2, 0.25) is 0 Å². The summed E-state index contributed by atoms with van der Waals surface area (Å²) >= 11 is 0. The summed E-state index contributed by atoms with van der Waals surface area (Å²) in [7, 11) is 0. The van der Waals surface area contributed by atoms with Gasteiger partial charge in [0.1, 0.15) is 0 Å². The second kappa shape index (κ2) is 5.98. The van der Waals surface area contributed by atoms with Gasteiger partial charge in [-0.15, -0.1) is 0 Å². The lowest BCUT2D eigenvalue weighted by atomic mass is 9.92. The van der Waals surface area contributed by atoms with Crippen molar-refractivity contribution in [2.75, 3.05) is 6.54 Å². The van der Waals surface area contributed by atoms with E-state index in [1.165, 1.54) is 6.42 Å². The molecule has 0 aromatic rings. The largest absolute Gasteiger partial charge is 0.392 e. The number of carbonyl (C=O) groups is 1. The van der Waals surface area contributed by atoms with Crippen LogP contribution in [-0.2, 0) is 4.79 Å². The topological polar surface area (TPSA) is 75.4 Å². The van der Waals surface area contributed by atoms with Crippen LogP contribution in [0.1, 0.15) is 38.5 Å². The Balaban J connectivity index is 2.07. The van der Waals surface area contributed by atoms with Crippen molar-refractivity contribution >= 4 is 5.91 Å². The summed E-state index contributed by atoms with van der Waals surface area (Å²) in [6.07, 6.45) is 5.22. The first-order valence-corrected chi connectivity index (χ1v) is 5.40. The molecular formula is C10H20N2O2. The molecule has 14 heavy (non-hydrogen) atoms. The Labute approximate surface area is 84.9 Å². The summed E-state index contributed by atoms with van der Waals surface area (Å²) in [6, 6.07) is 0.219. The lowest BCUT2D eigenvalue weighted by Gasteiger charge is -2.28. The predicted molar refractivity (Wildman–Crippen MR) is 54.7 cm³/mol. The zero-order valence-electron chi connectivity index (χ0n) is 8.54. The molecular weight excluding hydrogens is 180 g/mol. The molecule has 0 heterocycles. The van der Waals surface area contributed by atoms with E-state index >= 15 is 0 Å². The third-order valence-electron chi connectivity index (χ3n) is 2.74. The fraction of sp³-hybridized carbons (Fsp3) is 0.900. The summed E-state index contributed by atoms with van der Waals surface area (Å²) in [5, 5.41) is 12.9. The third kappa shape index (κ3) is 4.07. The Morgan fingerprint density at radius 3 is 2.79 bits per heavy atom. The van der Waals surface area contributed by atoms with Crippen molar-refractivity contribution in [3.05, 3.63) is 0 Å². The number of nitrogens with two attached hydrogens (primary N) is 1. The van der Waals surface area contributed by atoms with Gasteiger partial charge in [0.25, 0.3) is 0 Å². The molecule has 1 rings (SSSR count). The zero-order valence-corrected chi connectivity index (χ0v) is 8.54. The number of aliphatic hydroxyl groups is 1. The van der Waals surface area contributed by atoms with Gasteiger partial charge in [-0.3, -0.25) is 4.79 Å². The number of hydrogen-bond donors (Lipinski definition) is 3. The maximum atomic E-state index is 10.5. The molecule has 4 N–H and O–H groups in total. The van der Waals surface area contributed by atoms with Crippen molar-refractivity contribution in [1.29, 1.82) is 0 Å². The number of rotatable bonds is 5. The molecule has 0 saturated heterocycles. The van der Waals surface area contributed by atoms with Crippen LogP contribution in [0.25, 0.3) is 0 Å². The summed E-state index contributed by atoms with van der Waals surface area (Å²) in [4.78, 5) is 10.5. The predicted octanol–water partition coefficient (Wildman–Crippen LogP) is 0.145. The molecule has 0 aromatic carbocycles. The van der Waals surface area contributed by atoms with E-state index in [9.17, 15) is 9.90 Å². The molecule has 1 amide bonds. The highest BCUT2D eigenvalue weighted by Crippen LogP contribution is 2.18. The number of amides is 1. The summed E-state index contributed by atoms with van der Waals surface area (Å²) < 4.78 is 0. The zero-order chi connectivity index (χ0) is 10.4. The van der Waals surface area contributed by atoms with E-state index in [4.69, 9.17) is 5.73 Å². The number of carbonyl (C=O) groups excluding carboxylic acids is 1. The Hall–Kier alpha value is -0.610. The minimum absolute atomic E-state index is 0.211. The van der Waals surface area contributed by atoms with Crippen molar-refractivity contribution in [2.24, 2.45) is 5.73 Å². The standard InChI is InChI=1S/C10H20N2O2/c11-10(14)6-3-7-12-8-4-1-2-5-9(8)13/h8-9,12-13H,1-7H2,(H2,11,14)/t8-,9-/m1/s1. The molecule has 1 aliphatic rings. The highest BCUT2D eigenvalue weighted by molar-refractivity contribution is 5.73. The first-order chi connectivity index (χ1) is 6.70. The second-order valence-electron chi connectivity index (χ2n) is 3.98. The molecule has 4 heteroatoms. The molecule has 0 bridgehead atoms. The van der Waals surface area contributed by atoms with Gasteiger partial charge >= 0.3 is 0 Å². The van der Waals surface area contributed by atoms with Crippen LogP contribution in [0.15, 0.2) is 0 Å². The van der Waals surface area contributed by atoms with E-state index in [-0.39, 0.29) is 18.1 Å². The van der Waals surface area contributed by atoms with Gasteiger partial charge in [0.05, 0.1) is 6.10 Å². The first-order valence-electron chi connectivity index (χ1n) is 5.40. The highest BCUT2D eigenvalue weighted by atomic mass is 16.3. The molecule has 2 atom stereocenters. The van der Waals surface area contributed by atoms with Gasteiger partial charge < -0.3 is 16.2 Å². The normalized spacial score (nSPS) is 27.5. The lowest BCUT2D eigenvalue weighted by molar-refractivity contribution is -0.118. The van der Waals surface area contributed by atoms with Gasteiger partial charge in [-0.05, 0) is 25.8 Å². The van der Waals surface area contributed by atoms with E-state index in [2.05, 4.69) is 5.32 Å². The molecule has 1 fully saturated rings. The maximum absolute atomic E-state index is 10.5. The second-order valence-corrected chi connectivity index (χ2v) is 3.98. The highest BCUT2D eigenvalue weighted by Gasteiger charge is 2.21. The fourth-order valence-electron chi connectivity index (χ4n) is 1.90. The Kier molecular flexibility index (Phi) is 4.90. The molecule has 1 aliphatic carbocycles. The van der Waals surface area contributed by atoms with Crippen LogP contribution in [0.5, 0.6) is 0 Å². The van der Waals surface area contributed by atoms with Crippen molar-refractivity contribution in [3.63, 3.8) is 0 Å².